The van der Waals surface area contributed by atoms with E-state index in [0.717, 1.165) is 9.13 Å². The SMILES string of the molecule is CO/C(=C\C(C)(OB(F)F)c1ccc(OCCO)cc1)c1ccc(I)cc1. The van der Waals surface area contributed by atoms with Crippen molar-refractivity contribution >= 4 is 35.8 Å². The molecule has 0 aliphatic carbocycles. The molecule has 0 aliphatic rings. The van der Waals surface area contributed by atoms with Crippen LogP contribution in [0.15, 0.2) is 54.6 Å². The maximum Gasteiger partial charge on any atom is 0.721 e. The fourth-order valence-electron chi connectivity index (χ4n) is 2.54. The van der Waals surface area contributed by atoms with Crippen molar-refractivity contribution in [2.75, 3.05) is 20.3 Å². The normalized spacial score (nSPS) is 13.8. The van der Waals surface area contributed by atoms with Crippen molar-refractivity contribution < 1.29 is 27.9 Å². The maximum atomic E-state index is 13.1. The van der Waals surface area contributed by atoms with Crippen LogP contribution in [0.3, 0.4) is 0 Å². The van der Waals surface area contributed by atoms with Crippen molar-refractivity contribution in [2.24, 2.45) is 0 Å². The van der Waals surface area contributed by atoms with Gasteiger partial charge in [0.1, 0.15) is 23.7 Å². The lowest BCUT2D eigenvalue weighted by Crippen LogP contribution is -2.28. The van der Waals surface area contributed by atoms with E-state index in [1.54, 1.807) is 31.2 Å². The first-order chi connectivity index (χ1) is 12.9. The second kappa shape index (κ2) is 10.1. The Bertz CT molecular complexity index is 753. The standard InChI is InChI=1S/C19H20BF2IO4/c1-19(27-20(21)22,15-5-9-17(10-6-15)26-12-11-24)13-18(25-2)14-3-7-16(23)8-4-14/h3-10,13,24H,11-12H2,1-2H3/b18-13-. The fourth-order valence-corrected chi connectivity index (χ4v) is 2.90. The summed E-state index contributed by atoms with van der Waals surface area (Å²) in [6, 6.07) is 14.1. The average molecular weight is 488 g/mol. The molecule has 0 aliphatic heterocycles. The zero-order valence-electron chi connectivity index (χ0n) is 15.0. The number of hydrogen-bond donors (Lipinski definition) is 1. The third-order valence-electron chi connectivity index (χ3n) is 3.88. The molecule has 144 valence electrons. The monoisotopic (exact) mass is 488 g/mol. The highest BCUT2D eigenvalue weighted by Gasteiger charge is 2.34. The lowest BCUT2D eigenvalue weighted by Gasteiger charge is -2.28. The summed E-state index contributed by atoms with van der Waals surface area (Å²) in [5, 5.41) is 8.81. The summed E-state index contributed by atoms with van der Waals surface area (Å²) < 4.78 is 43.0. The molecule has 0 saturated carbocycles. The largest absolute Gasteiger partial charge is 0.721 e. The minimum Gasteiger partial charge on any atom is -0.496 e. The topological polar surface area (TPSA) is 47.9 Å². The van der Waals surface area contributed by atoms with Gasteiger partial charge in [-0.3, -0.25) is 8.63 Å². The molecular weight excluding hydrogens is 468 g/mol. The van der Waals surface area contributed by atoms with Gasteiger partial charge in [0.05, 0.1) is 13.7 Å². The summed E-state index contributed by atoms with van der Waals surface area (Å²) in [5.41, 5.74) is -0.151. The molecule has 0 heterocycles. The van der Waals surface area contributed by atoms with Crippen LogP contribution in [0.5, 0.6) is 5.75 Å². The van der Waals surface area contributed by atoms with Gasteiger partial charge in [-0.15, -0.1) is 0 Å². The summed E-state index contributed by atoms with van der Waals surface area (Å²) in [7, 11) is -1.48. The Kier molecular flexibility index (Phi) is 8.06. The highest BCUT2D eigenvalue weighted by atomic mass is 127. The summed E-state index contributed by atoms with van der Waals surface area (Å²) >= 11 is 2.19. The van der Waals surface area contributed by atoms with Crippen LogP contribution in [-0.4, -0.2) is 32.9 Å². The van der Waals surface area contributed by atoms with Crippen molar-refractivity contribution in [1.82, 2.24) is 0 Å². The Hall–Kier alpha value is -1.65. The van der Waals surface area contributed by atoms with E-state index in [-0.39, 0.29) is 13.2 Å². The van der Waals surface area contributed by atoms with Crippen molar-refractivity contribution in [1.29, 1.82) is 0 Å². The molecule has 0 saturated heterocycles. The van der Waals surface area contributed by atoms with Crippen molar-refractivity contribution in [3.05, 3.63) is 69.3 Å². The molecule has 4 nitrogen and oxygen atoms in total. The predicted octanol–water partition coefficient (Wildman–Crippen LogP) is 4.51. The van der Waals surface area contributed by atoms with E-state index in [0.29, 0.717) is 17.1 Å². The quantitative estimate of drug-likeness (QED) is 0.321. The van der Waals surface area contributed by atoms with E-state index in [2.05, 4.69) is 22.6 Å². The van der Waals surface area contributed by atoms with Gasteiger partial charge in [-0.05, 0) is 65.4 Å². The molecule has 0 aromatic heterocycles. The number of methoxy groups -OCH3 is 1. The first-order valence-electron chi connectivity index (χ1n) is 8.21. The van der Waals surface area contributed by atoms with Crippen LogP contribution in [-0.2, 0) is 15.0 Å². The molecule has 0 radical (unpaired) electrons. The molecule has 1 atom stereocenters. The molecule has 1 unspecified atom stereocenters. The Morgan fingerprint density at radius 1 is 1.15 bits per heavy atom. The van der Waals surface area contributed by atoms with E-state index in [4.69, 9.17) is 19.2 Å². The highest BCUT2D eigenvalue weighted by molar-refractivity contribution is 14.1. The van der Waals surface area contributed by atoms with Gasteiger partial charge in [-0.1, -0.05) is 24.3 Å². The Morgan fingerprint density at radius 3 is 2.30 bits per heavy atom. The first kappa shape index (κ1) is 21.7. The molecule has 0 spiro atoms. The summed E-state index contributed by atoms with van der Waals surface area (Å²) in [4.78, 5) is 0. The summed E-state index contributed by atoms with van der Waals surface area (Å²) in [6.07, 6.45) is 1.53. The van der Waals surface area contributed by atoms with Crippen LogP contribution in [0, 0.1) is 3.57 Å². The van der Waals surface area contributed by atoms with Gasteiger partial charge < -0.3 is 19.2 Å². The molecule has 1 N–H and O–H groups in total. The number of rotatable bonds is 9. The van der Waals surface area contributed by atoms with Gasteiger partial charge in [0.2, 0.25) is 0 Å². The van der Waals surface area contributed by atoms with Gasteiger partial charge in [-0.2, -0.15) is 0 Å². The Labute approximate surface area is 171 Å². The molecule has 0 bridgehead atoms. The first-order valence-corrected chi connectivity index (χ1v) is 9.29. The molecule has 2 aromatic rings. The summed E-state index contributed by atoms with van der Waals surface area (Å²) in [6.45, 7) is 1.60. The van der Waals surface area contributed by atoms with Crippen LogP contribution in [0.2, 0.25) is 0 Å². The lowest BCUT2D eigenvalue weighted by molar-refractivity contribution is 0.103. The van der Waals surface area contributed by atoms with Crippen molar-refractivity contribution in [3.63, 3.8) is 0 Å². The molecule has 8 heteroatoms. The molecule has 27 heavy (non-hydrogen) atoms. The minimum absolute atomic E-state index is 0.107. The van der Waals surface area contributed by atoms with E-state index >= 15 is 0 Å². The number of hydrogen-bond acceptors (Lipinski definition) is 4. The average Bonchev–Trinajstić information content (AvgIpc) is 2.65. The second-order valence-corrected chi connectivity index (χ2v) is 7.05. The second-order valence-electron chi connectivity index (χ2n) is 5.80. The van der Waals surface area contributed by atoms with Gasteiger partial charge in [-0.25, -0.2) is 0 Å². The predicted molar refractivity (Wildman–Crippen MR) is 110 cm³/mol. The number of aliphatic hydroxyl groups excluding tert-OH is 1. The van der Waals surface area contributed by atoms with E-state index < -0.39 is 13.1 Å². The molecule has 2 aromatic carbocycles. The van der Waals surface area contributed by atoms with Crippen LogP contribution < -0.4 is 4.74 Å². The van der Waals surface area contributed by atoms with E-state index in [1.807, 2.05) is 24.3 Å². The lowest BCUT2D eigenvalue weighted by atomic mass is 9.92. The third-order valence-corrected chi connectivity index (χ3v) is 4.60. The zero-order valence-corrected chi connectivity index (χ0v) is 17.2. The highest BCUT2D eigenvalue weighted by Crippen LogP contribution is 2.33. The number of aliphatic hydroxyl groups is 1. The molecule has 0 fully saturated rings. The van der Waals surface area contributed by atoms with Crippen LogP contribution in [0.25, 0.3) is 5.76 Å². The maximum absolute atomic E-state index is 13.1. The van der Waals surface area contributed by atoms with Gasteiger partial charge in [0.15, 0.2) is 0 Å². The minimum atomic E-state index is -2.97. The molecular formula is C19H20BF2IO4. The molecule has 2 rings (SSSR count). The van der Waals surface area contributed by atoms with Gasteiger partial charge >= 0.3 is 7.47 Å². The number of halogens is 3. The summed E-state index contributed by atoms with van der Waals surface area (Å²) in [5.74, 6) is 0.955. The number of benzene rings is 2. The van der Waals surface area contributed by atoms with Crippen LogP contribution in [0.4, 0.5) is 8.63 Å². The molecule has 0 amide bonds. The Balaban J connectivity index is 2.40. The van der Waals surface area contributed by atoms with Crippen LogP contribution in [0.1, 0.15) is 18.1 Å². The van der Waals surface area contributed by atoms with Gasteiger partial charge in [0, 0.05) is 9.13 Å². The Morgan fingerprint density at radius 2 is 1.78 bits per heavy atom. The van der Waals surface area contributed by atoms with Crippen LogP contribution >= 0.6 is 22.6 Å². The fraction of sp³-hybridized carbons (Fsp3) is 0.263. The van der Waals surface area contributed by atoms with E-state index in [9.17, 15) is 8.63 Å². The third kappa shape index (κ3) is 6.19. The zero-order chi connectivity index (χ0) is 19.9. The van der Waals surface area contributed by atoms with E-state index in [1.165, 1.54) is 13.2 Å². The van der Waals surface area contributed by atoms with Crippen molar-refractivity contribution in [2.45, 2.75) is 12.5 Å². The smallest absolute Gasteiger partial charge is 0.496 e. The van der Waals surface area contributed by atoms with Gasteiger partial charge in [0.25, 0.3) is 0 Å². The number of ether oxygens (including phenoxy) is 2. The van der Waals surface area contributed by atoms with Crippen molar-refractivity contribution in [3.8, 4) is 5.75 Å².